The molecule has 37 heavy (non-hydrogen) atoms. The van der Waals surface area contributed by atoms with E-state index in [2.05, 4.69) is 10.3 Å². The number of anilines is 1. The van der Waals surface area contributed by atoms with Gasteiger partial charge in [-0.25, -0.2) is 18.7 Å². The van der Waals surface area contributed by atoms with Gasteiger partial charge in [-0.3, -0.25) is 14.2 Å². The standard InChI is InChI=1S/C28H24FN5O3/c1-19-12-13-22(14-23(19)29)31-24(35)17-34-27(36)25-26(30-18-32(25)15-20-8-4-2-5-9-20)33(28(34)37)16-21-10-6-3-7-11-21/h2-14,18H,15-17H2,1H3,(H,31,35). The van der Waals surface area contributed by atoms with Crippen LogP contribution in [0.15, 0.2) is 94.8 Å². The molecule has 0 aliphatic carbocycles. The molecule has 2 aromatic heterocycles. The van der Waals surface area contributed by atoms with Crippen molar-refractivity contribution in [3.63, 3.8) is 0 Å². The molecule has 0 aliphatic rings. The van der Waals surface area contributed by atoms with Gasteiger partial charge in [0.1, 0.15) is 12.4 Å². The van der Waals surface area contributed by atoms with Gasteiger partial charge in [-0.2, -0.15) is 0 Å². The number of imidazole rings is 1. The van der Waals surface area contributed by atoms with Crippen LogP contribution in [-0.4, -0.2) is 24.6 Å². The van der Waals surface area contributed by atoms with Crippen LogP contribution in [0.2, 0.25) is 0 Å². The summed E-state index contributed by atoms with van der Waals surface area (Å²) < 4.78 is 17.9. The number of rotatable bonds is 7. The minimum atomic E-state index is -0.656. The second kappa shape index (κ2) is 10.1. The summed E-state index contributed by atoms with van der Waals surface area (Å²) in [5.74, 6) is -1.09. The number of amides is 1. The molecule has 0 unspecified atom stereocenters. The van der Waals surface area contributed by atoms with E-state index in [0.29, 0.717) is 12.1 Å². The lowest BCUT2D eigenvalue weighted by molar-refractivity contribution is -0.116. The van der Waals surface area contributed by atoms with E-state index in [9.17, 15) is 18.8 Å². The molecule has 186 valence electrons. The van der Waals surface area contributed by atoms with Gasteiger partial charge in [0.25, 0.3) is 5.56 Å². The van der Waals surface area contributed by atoms with Gasteiger partial charge in [-0.15, -0.1) is 0 Å². The third-order valence-corrected chi connectivity index (χ3v) is 6.12. The highest BCUT2D eigenvalue weighted by Crippen LogP contribution is 2.14. The number of hydrogen-bond donors (Lipinski definition) is 1. The van der Waals surface area contributed by atoms with Crippen molar-refractivity contribution in [1.29, 1.82) is 0 Å². The quantitative estimate of drug-likeness (QED) is 0.372. The molecule has 9 heteroatoms. The Bertz CT molecular complexity index is 1710. The number of carbonyl (C=O) groups excluding carboxylic acids is 1. The average molecular weight is 498 g/mol. The SMILES string of the molecule is Cc1ccc(NC(=O)Cn2c(=O)c3c(ncn3Cc3ccccc3)n(Cc3ccccc3)c2=O)cc1F. The molecule has 0 aliphatic heterocycles. The molecule has 8 nitrogen and oxygen atoms in total. The Hall–Kier alpha value is -4.79. The van der Waals surface area contributed by atoms with E-state index in [0.717, 1.165) is 15.7 Å². The lowest BCUT2D eigenvalue weighted by atomic mass is 10.2. The molecule has 0 bridgehead atoms. The second-order valence-corrected chi connectivity index (χ2v) is 8.79. The third kappa shape index (κ3) is 4.97. The molecule has 1 N–H and O–H groups in total. The number of nitrogens with one attached hydrogen (secondary N) is 1. The molecule has 2 heterocycles. The molecule has 3 aromatic carbocycles. The van der Waals surface area contributed by atoms with E-state index in [4.69, 9.17) is 0 Å². The molecule has 0 atom stereocenters. The fourth-order valence-electron chi connectivity index (χ4n) is 4.20. The predicted molar refractivity (Wildman–Crippen MR) is 139 cm³/mol. The molecule has 0 spiro atoms. The highest BCUT2D eigenvalue weighted by atomic mass is 19.1. The topological polar surface area (TPSA) is 90.9 Å². The van der Waals surface area contributed by atoms with Crippen LogP contribution in [-0.2, 0) is 24.4 Å². The fraction of sp³-hybridized carbons (Fsp3) is 0.143. The number of nitrogens with zero attached hydrogens (tertiary/aromatic N) is 4. The first kappa shape index (κ1) is 23.9. The van der Waals surface area contributed by atoms with Crippen molar-refractivity contribution < 1.29 is 9.18 Å². The Morgan fingerprint density at radius 2 is 1.54 bits per heavy atom. The molecule has 5 rings (SSSR count). The Kier molecular flexibility index (Phi) is 6.51. The van der Waals surface area contributed by atoms with Crippen LogP contribution in [0.5, 0.6) is 0 Å². The first-order valence-electron chi connectivity index (χ1n) is 11.7. The summed E-state index contributed by atoms with van der Waals surface area (Å²) in [5.41, 5.74) is 1.65. The van der Waals surface area contributed by atoms with E-state index in [-0.39, 0.29) is 23.4 Å². The lowest BCUT2D eigenvalue weighted by Crippen LogP contribution is -2.43. The average Bonchev–Trinajstić information content (AvgIpc) is 3.31. The highest BCUT2D eigenvalue weighted by Gasteiger charge is 2.20. The zero-order chi connectivity index (χ0) is 25.9. The van der Waals surface area contributed by atoms with Gasteiger partial charge in [0.15, 0.2) is 11.2 Å². The summed E-state index contributed by atoms with van der Waals surface area (Å²) in [6.45, 7) is 1.62. The van der Waals surface area contributed by atoms with E-state index in [1.165, 1.54) is 23.0 Å². The molecule has 0 radical (unpaired) electrons. The number of fused-ring (bicyclic) bond motifs is 1. The summed E-state index contributed by atoms with van der Waals surface area (Å²) in [6.07, 6.45) is 1.53. The predicted octanol–water partition coefficient (Wildman–Crippen LogP) is 3.54. The van der Waals surface area contributed by atoms with Crippen molar-refractivity contribution in [2.75, 3.05) is 5.32 Å². The Morgan fingerprint density at radius 3 is 2.19 bits per heavy atom. The summed E-state index contributed by atoms with van der Waals surface area (Å²) in [5, 5.41) is 2.57. The maximum absolute atomic E-state index is 13.9. The summed E-state index contributed by atoms with van der Waals surface area (Å²) in [4.78, 5) is 44.3. The largest absolute Gasteiger partial charge is 0.333 e. The maximum Gasteiger partial charge on any atom is 0.333 e. The molecule has 0 saturated carbocycles. The minimum absolute atomic E-state index is 0.170. The van der Waals surface area contributed by atoms with Crippen LogP contribution in [0.25, 0.3) is 11.2 Å². The van der Waals surface area contributed by atoms with Gasteiger partial charge < -0.3 is 9.88 Å². The van der Waals surface area contributed by atoms with Gasteiger partial charge in [0, 0.05) is 12.2 Å². The number of benzene rings is 3. The van der Waals surface area contributed by atoms with Crippen molar-refractivity contribution in [2.45, 2.75) is 26.6 Å². The molecule has 0 fully saturated rings. The van der Waals surface area contributed by atoms with Crippen molar-refractivity contribution in [2.24, 2.45) is 0 Å². The van der Waals surface area contributed by atoms with Crippen LogP contribution in [0.1, 0.15) is 16.7 Å². The zero-order valence-electron chi connectivity index (χ0n) is 20.1. The monoisotopic (exact) mass is 497 g/mol. The summed E-state index contributed by atoms with van der Waals surface area (Å²) in [6, 6.07) is 23.2. The van der Waals surface area contributed by atoms with Crippen molar-refractivity contribution in [1.82, 2.24) is 18.7 Å². The third-order valence-electron chi connectivity index (χ3n) is 6.12. The van der Waals surface area contributed by atoms with Crippen molar-refractivity contribution in [3.05, 3.63) is 129 Å². The first-order valence-corrected chi connectivity index (χ1v) is 11.7. The van der Waals surface area contributed by atoms with Gasteiger partial charge in [0.2, 0.25) is 5.91 Å². The van der Waals surface area contributed by atoms with Gasteiger partial charge in [-0.1, -0.05) is 66.7 Å². The summed E-state index contributed by atoms with van der Waals surface area (Å²) in [7, 11) is 0. The van der Waals surface area contributed by atoms with Crippen molar-refractivity contribution >= 4 is 22.8 Å². The van der Waals surface area contributed by atoms with Crippen LogP contribution in [0, 0.1) is 12.7 Å². The van der Waals surface area contributed by atoms with Gasteiger partial charge in [0.05, 0.1) is 12.9 Å². The maximum atomic E-state index is 13.9. The first-order chi connectivity index (χ1) is 17.9. The normalized spacial score (nSPS) is 11.1. The molecule has 0 saturated heterocycles. The molecule has 5 aromatic rings. The summed E-state index contributed by atoms with van der Waals surface area (Å²) >= 11 is 0. The van der Waals surface area contributed by atoms with Crippen LogP contribution >= 0.6 is 0 Å². The van der Waals surface area contributed by atoms with E-state index in [1.54, 1.807) is 17.6 Å². The minimum Gasteiger partial charge on any atom is -0.324 e. The van der Waals surface area contributed by atoms with E-state index in [1.807, 2.05) is 60.7 Å². The number of aryl methyl sites for hydroxylation is 1. The number of halogens is 1. The van der Waals surface area contributed by atoms with E-state index < -0.39 is 29.5 Å². The van der Waals surface area contributed by atoms with Crippen LogP contribution < -0.4 is 16.6 Å². The second-order valence-electron chi connectivity index (χ2n) is 8.79. The fourth-order valence-corrected chi connectivity index (χ4v) is 4.20. The molecular formula is C28H24FN5O3. The Labute approximate surface area is 211 Å². The highest BCUT2D eigenvalue weighted by molar-refractivity contribution is 5.90. The van der Waals surface area contributed by atoms with E-state index >= 15 is 0 Å². The number of aromatic nitrogens is 4. The molecule has 1 amide bonds. The van der Waals surface area contributed by atoms with Crippen molar-refractivity contribution in [3.8, 4) is 0 Å². The number of hydrogen-bond acceptors (Lipinski definition) is 4. The Morgan fingerprint density at radius 1 is 0.892 bits per heavy atom. The van der Waals surface area contributed by atoms with Gasteiger partial charge >= 0.3 is 5.69 Å². The van der Waals surface area contributed by atoms with Gasteiger partial charge in [-0.05, 0) is 35.7 Å². The lowest BCUT2D eigenvalue weighted by Gasteiger charge is -2.13. The smallest absolute Gasteiger partial charge is 0.324 e. The molecular weight excluding hydrogens is 473 g/mol. The van der Waals surface area contributed by atoms with Crippen LogP contribution in [0.4, 0.5) is 10.1 Å². The Balaban J connectivity index is 1.58. The van der Waals surface area contributed by atoms with Crippen LogP contribution in [0.3, 0.4) is 0 Å². The zero-order valence-corrected chi connectivity index (χ0v) is 20.1. The number of carbonyl (C=O) groups is 1.